The minimum Gasteiger partial charge on any atom is -0.497 e. The van der Waals surface area contributed by atoms with E-state index in [0.29, 0.717) is 41.7 Å². The summed E-state index contributed by atoms with van der Waals surface area (Å²) >= 11 is 0. The van der Waals surface area contributed by atoms with Crippen LogP contribution in [0.5, 0.6) is 5.75 Å². The Morgan fingerprint density at radius 3 is 2.71 bits per heavy atom. The molecular formula is C22H27N5O4. The van der Waals surface area contributed by atoms with E-state index >= 15 is 0 Å². The minimum atomic E-state index is -0.418. The third-order valence-electron chi connectivity index (χ3n) is 5.92. The number of imidazole rings is 1. The highest BCUT2D eigenvalue weighted by Gasteiger charge is 2.27. The number of hydrogen-bond donors (Lipinski definition) is 0. The summed E-state index contributed by atoms with van der Waals surface area (Å²) in [7, 11) is 4.92. The van der Waals surface area contributed by atoms with E-state index in [9.17, 15) is 9.59 Å². The van der Waals surface area contributed by atoms with Gasteiger partial charge < -0.3 is 14.4 Å². The molecule has 1 amide bonds. The summed E-state index contributed by atoms with van der Waals surface area (Å²) in [6.07, 6.45) is 4.35. The predicted molar refractivity (Wildman–Crippen MR) is 116 cm³/mol. The van der Waals surface area contributed by atoms with E-state index in [0.717, 1.165) is 31.4 Å². The van der Waals surface area contributed by atoms with E-state index in [1.54, 1.807) is 32.4 Å². The monoisotopic (exact) mass is 425 g/mol. The van der Waals surface area contributed by atoms with Crippen LogP contribution >= 0.6 is 0 Å². The van der Waals surface area contributed by atoms with Crippen molar-refractivity contribution in [2.75, 3.05) is 33.9 Å². The summed E-state index contributed by atoms with van der Waals surface area (Å²) in [5.74, 6) is 1.70. The van der Waals surface area contributed by atoms with E-state index in [4.69, 9.17) is 9.47 Å². The fourth-order valence-electron chi connectivity index (χ4n) is 4.04. The Hall–Kier alpha value is -3.20. The zero-order chi connectivity index (χ0) is 22.0. The number of nitrogens with zero attached hydrogens (tertiary/aromatic N) is 5. The molecule has 9 heteroatoms. The molecule has 1 aromatic carbocycles. The molecule has 1 saturated heterocycles. The van der Waals surface area contributed by atoms with E-state index in [1.165, 1.54) is 9.13 Å². The maximum absolute atomic E-state index is 13.2. The maximum Gasteiger partial charge on any atom is 0.338 e. The van der Waals surface area contributed by atoms with Crippen molar-refractivity contribution in [3.05, 3.63) is 40.9 Å². The molecule has 1 fully saturated rings. The van der Waals surface area contributed by atoms with Gasteiger partial charge in [0.2, 0.25) is 0 Å². The molecule has 0 aliphatic carbocycles. The second kappa shape index (κ2) is 8.89. The van der Waals surface area contributed by atoms with Crippen molar-refractivity contribution in [3.8, 4) is 17.1 Å². The molecule has 2 aromatic heterocycles. The maximum atomic E-state index is 13.2. The van der Waals surface area contributed by atoms with Gasteiger partial charge in [-0.1, -0.05) is 12.1 Å². The second-order valence-corrected chi connectivity index (χ2v) is 7.81. The van der Waals surface area contributed by atoms with Gasteiger partial charge in [0.05, 0.1) is 13.3 Å². The Bertz CT molecular complexity index is 1140. The fourth-order valence-corrected chi connectivity index (χ4v) is 4.04. The Balaban J connectivity index is 1.63. The summed E-state index contributed by atoms with van der Waals surface area (Å²) in [5, 5.41) is 0. The van der Waals surface area contributed by atoms with Crippen LogP contribution in [0.3, 0.4) is 0 Å². The molecule has 0 unspecified atom stereocenters. The van der Waals surface area contributed by atoms with E-state index in [1.807, 2.05) is 24.3 Å². The van der Waals surface area contributed by atoms with Crippen LogP contribution < -0.4 is 10.4 Å². The lowest BCUT2D eigenvalue weighted by Crippen LogP contribution is -2.44. The smallest absolute Gasteiger partial charge is 0.338 e. The standard InChI is InChI=1S/C22H27N5O4/c1-25-20-18(14-23-19(24-20)16-5-4-6-17(13-16)31-3)27(21(25)28)22(29)26-10-7-15(8-11-26)9-12-30-2/h4-6,13-15H,7-12H2,1-3H3. The number of likely N-dealkylation sites (tertiary alicyclic amines) is 1. The molecule has 3 aromatic rings. The first-order chi connectivity index (χ1) is 15.0. The average Bonchev–Trinajstić information content (AvgIpc) is 3.07. The quantitative estimate of drug-likeness (QED) is 0.624. The van der Waals surface area contributed by atoms with Crippen molar-refractivity contribution in [3.63, 3.8) is 0 Å². The molecule has 0 saturated carbocycles. The number of benzene rings is 1. The third-order valence-corrected chi connectivity index (χ3v) is 5.92. The van der Waals surface area contributed by atoms with Gasteiger partial charge in [0, 0.05) is 39.4 Å². The summed E-state index contributed by atoms with van der Waals surface area (Å²) < 4.78 is 13.0. The SMILES string of the molecule is COCCC1CCN(C(=O)n2c(=O)n(C)c3nc(-c4cccc(OC)c4)ncc32)CC1. The molecule has 0 atom stereocenters. The number of rotatable bonds is 5. The van der Waals surface area contributed by atoms with Crippen LogP contribution in [0.4, 0.5) is 4.79 Å². The second-order valence-electron chi connectivity index (χ2n) is 7.81. The van der Waals surface area contributed by atoms with Gasteiger partial charge in [-0.25, -0.2) is 24.1 Å². The summed E-state index contributed by atoms with van der Waals surface area (Å²) in [5.41, 5.74) is 1.18. The van der Waals surface area contributed by atoms with Crippen molar-refractivity contribution in [2.24, 2.45) is 13.0 Å². The molecule has 0 N–H and O–H groups in total. The zero-order valence-electron chi connectivity index (χ0n) is 18.1. The number of methoxy groups -OCH3 is 2. The molecule has 0 radical (unpaired) electrons. The van der Waals surface area contributed by atoms with Gasteiger partial charge >= 0.3 is 11.7 Å². The highest BCUT2D eigenvalue weighted by atomic mass is 16.5. The van der Waals surface area contributed by atoms with Gasteiger partial charge in [0.25, 0.3) is 0 Å². The molecule has 0 bridgehead atoms. The van der Waals surface area contributed by atoms with Gasteiger partial charge in [0.1, 0.15) is 11.3 Å². The largest absolute Gasteiger partial charge is 0.497 e. The van der Waals surface area contributed by atoms with Crippen LogP contribution in [0, 0.1) is 5.92 Å². The van der Waals surface area contributed by atoms with E-state index in [-0.39, 0.29) is 6.03 Å². The molecular weight excluding hydrogens is 398 g/mol. The van der Waals surface area contributed by atoms with Crippen molar-refractivity contribution < 1.29 is 14.3 Å². The van der Waals surface area contributed by atoms with Crippen LogP contribution in [-0.2, 0) is 11.8 Å². The van der Waals surface area contributed by atoms with Crippen LogP contribution in [0.2, 0.25) is 0 Å². The van der Waals surface area contributed by atoms with Crippen molar-refractivity contribution in [2.45, 2.75) is 19.3 Å². The Morgan fingerprint density at radius 1 is 1.23 bits per heavy atom. The van der Waals surface area contributed by atoms with E-state index < -0.39 is 5.69 Å². The molecule has 0 spiro atoms. The molecule has 1 aliphatic rings. The molecule has 3 heterocycles. The molecule has 164 valence electrons. The van der Waals surface area contributed by atoms with Gasteiger partial charge in [-0.15, -0.1) is 0 Å². The number of piperidine rings is 1. The van der Waals surface area contributed by atoms with Gasteiger partial charge in [-0.2, -0.15) is 0 Å². The Morgan fingerprint density at radius 2 is 2.00 bits per heavy atom. The lowest BCUT2D eigenvalue weighted by Gasteiger charge is -2.31. The number of amides is 1. The van der Waals surface area contributed by atoms with Crippen LogP contribution in [0.25, 0.3) is 22.6 Å². The Labute approximate surface area is 180 Å². The van der Waals surface area contributed by atoms with Gasteiger partial charge in [-0.3, -0.25) is 4.57 Å². The first-order valence-corrected chi connectivity index (χ1v) is 10.4. The lowest BCUT2D eigenvalue weighted by atomic mass is 9.94. The van der Waals surface area contributed by atoms with Crippen LogP contribution in [0.1, 0.15) is 19.3 Å². The molecule has 1 aliphatic heterocycles. The lowest BCUT2D eigenvalue weighted by molar-refractivity contribution is 0.140. The van der Waals surface area contributed by atoms with Crippen molar-refractivity contribution in [1.29, 1.82) is 0 Å². The van der Waals surface area contributed by atoms with Crippen LogP contribution in [0.15, 0.2) is 35.3 Å². The minimum absolute atomic E-state index is 0.321. The molecule has 4 rings (SSSR count). The molecule has 9 nitrogen and oxygen atoms in total. The number of aryl methyl sites for hydroxylation is 1. The van der Waals surface area contributed by atoms with E-state index in [2.05, 4.69) is 9.97 Å². The number of ether oxygens (including phenoxy) is 2. The van der Waals surface area contributed by atoms with Gasteiger partial charge in [0.15, 0.2) is 11.5 Å². The zero-order valence-corrected chi connectivity index (χ0v) is 18.1. The highest BCUT2D eigenvalue weighted by molar-refractivity contribution is 5.88. The van der Waals surface area contributed by atoms with Crippen LogP contribution in [-0.4, -0.2) is 63.9 Å². The van der Waals surface area contributed by atoms with Crippen molar-refractivity contribution >= 4 is 17.2 Å². The first-order valence-electron chi connectivity index (χ1n) is 10.4. The Kier molecular flexibility index (Phi) is 6.03. The number of carbonyl (C=O) groups excluding carboxylic acids is 1. The topological polar surface area (TPSA) is 91.5 Å². The fraction of sp³-hybridized carbons (Fsp3) is 0.455. The number of aromatic nitrogens is 4. The number of fused-ring (bicyclic) bond motifs is 1. The summed E-state index contributed by atoms with van der Waals surface area (Å²) in [4.78, 5) is 36.8. The third kappa shape index (κ3) is 4.05. The number of hydrogen-bond acceptors (Lipinski definition) is 6. The van der Waals surface area contributed by atoms with Crippen molar-refractivity contribution in [1.82, 2.24) is 24.0 Å². The average molecular weight is 425 g/mol. The normalized spacial score (nSPS) is 14.9. The number of carbonyl (C=O) groups is 1. The van der Waals surface area contributed by atoms with Gasteiger partial charge in [-0.05, 0) is 37.3 Å². The predicted octanol–water partition coefficient (Wildman–Crippen LogP) is 2.52. The molecule has 31 heavy (non-hydrogen) atoms. The first kappa shape index (κ1) is 21.0. The summed E-state index contributed by atoms with van der Waals surface area (Å²) in [6, 6.07) is 7.07. The summed E-state index contributed by atoms with van der Waals surface area (Å²) in [6.45, 7) is 1.98. The highest BCUT2D eigenvalue weighted by Crippen LogP contribution is 2.24.